The molecule has 23 heavy (non-hydrogen) atoms. The standard InChI is InChI=1S/C17H20N2O4/c1-11-9-15(23-19-11)18-14(20)10-22-16(21)12-5-7-13(8-6-12)17(2,3)4/h5-9H,10H2,1-4H3,(H,18,20). The molecule has 1 heterocycles. The van der Waals surface area contributed by atoms with Gasteiger partial charge in [-0.25, -0.2) is 4.79 Å². The molecule has 1 amide bonds. The fourth-order valence-corrected chi connectivity index (χ4v) is 1.92. The number of aromatic nitrogens is 1. The number of anilines is 1. The van der Waals surface area contributed by atoms with E-state index in [1.807, 2.05) is 12.1 Å². The van der Waals surface area contributed by atoms with Crippen LogP contribution in [0, 0.1) is 6.92 Å². The molecule has 0 spiro atoms. The molecule has 0 aliphatic rings. The average molecular weight is 316 g/mol. The summed E-state index contributed by atoms with van der Waals surface area (Å²) in [6.45, 7) is 7.63. The predicted octanol–water partition coefficient (Wildman–Crippen LogP) is 3.08. The number of hydrogen-bond acceptors (Lipinski definition) is 5. The predicted molar refractivity (Wildman–Crippen MR) is 85.3 cm³/mol. The van der Waals surface area contributed by atoms with Crippen molar-refractivity contribution >= 4 is 17.8 Å². The van der Waals surface area contributed by atoms with Crippen molar-refractivity contribution in [3.63, 3.8) is 0 Å². The van der Waals surface area contributed by atoms with E-state index in [1.54, 1.807) is 25.1 Å². The van der Waals surface area contributed by atoms with Gasteiger partial charge in [0, 0.05) is 6.07 Å². The summed E-state index contributed by atoms with van der Waals surface area (Å²) in [6.07, 6.45) is 0. The first-order valence-electron chi connectivity index (χ1n) is 7.26. The van der Waals surface area contributed by atoms with Crippen LogP contribution in [0.2, 0.25) is 0 Å². The van der Waals surface area contributed by atoms with Crippen LogP contribution in [-0.4, -0.2) is 23.6 Å². The lowest BCUT2D eigenvalue weighted by Crippen LogP contribution is -2.20. The highest BCUT2D eigenvalue weighted by atomic mass is 16.5. The van der Waals surface area contributed by atoms with Gasteiger partial charge in [-0.3, -0.25) is 10.1 Å². The zero-order valence-corrected chi connectivity index (χ0v) is 13.7. The normalized spacial score (nSPS) is 11.1. The van der Waals surface area contributed by atoms with Gasteiger partial charge in [-0.1, -0.05) is 38.1 Å². The van der Waals surface area contributed by atoms with Gasteiger partial charge in [0.1, 0.15) is 0 Å². The third-order valence-corrected chi connectivity index (χ3v) is 3.21. The van der Waals surface area contributed by atoms with Crippen molar-refractivity contribution in [2.75, 3.05) is 11.9 Å². The number of nitrogens with one attached hydrogen (secondary N) is 1. The summed E-state index contributed by atoms with van der Waals surface area (Å²) in [5.74, 6) is -0.812. The molecule has 6 heteroatoms. The summed E-state index contributed by atoms with van der Waals surface area (Å²) >= 11 is 0. The van der Waals surface area contributed by atoms with Gasteiger partial charge in [0.15, 0.2) is 6.61 Å². The Kier molecular flexibility index (Phi) is 4.83. The molecule has 6 nitrogen and oxygen atoms in total. The quantitative estimate of drug-likeness (QED) is 0.877. The second kappa shape index (κ2) is 6.64. The highest BCUT2D eigenvalue weighted by Gasteiger charge is 2.15. The molecule has 1 N–H and O–H groups in total. The van der Waals surface area contributed by atoms with E-state index in [1.165, 1.54) is 0 Å². The van der Waals surface area contributed by atoms with E-state index < -0.39 is 11.9 Å². The molecular weight excluding hydrogens is 296 g/mol. The number of carbonyl (C=O) groups excluding carboxylic acids is 2. The van der Waals surface area contributed by atoms with E-state index >= 15 is 0 Å². The van der Waals surface area contributed by atoms with E-state index in [-0.39, 0.29) is 17.9 Å². The van der Waals surface area contributed by atoms with Crippen LogP contribution in [-0.2, 0) is 14.9 Å². The Labute approximate surface area is 134 Å². The van der Waals surface area contributed by atoms with Gasteiger partial charge in [-0.2, -0.15) is 0 Å². The Morgan fingerprint density at radius 1 is 1.22 bits per heavy atom. The van der Waals surface area contributed by atoms with E-state index in [4.69, 9.17) is 9.26 Å². The number of ether oxygens (including phenoxy) is 1. The largest absolute Gasteiger partial charge is 0.452 e. The lowest BCUT2D eigenvalue weighted by atomic mass is 9.87. The highest BCUT2D eigenvalue weighted by molar-refractivity contribution is 5.94. The Bertz CT molecular complexity index is 696. The van der Waals surface area contributed by atoms with E-state index in [0.717, 1.165) is 5.56 Å². The first kappa shape index (κ1) is 16.7. The SMILES string of the molecule is Cc1cc(NC(=O)COC(=O)c2ccc(C(C)(C)C)cc2)on1. The minimum atomic E-state index is -0.547. The number of hydrogen-bond donors (Lipinski definition) is 1. The molecule has 2 rings (SSSR count). The van der Waals surface area contributed by atoms with Gasteiger partial charge in [0.05, 0.1) is 11.3 Å². The molecule has 0 atom stereocenters. The smallest absolute Gasteiger partial charge is 0.338 e. The Balaban J connectivity index is 1.88. The van der Waals surface area contributed by atoms with Gasteiger partial charge >= 0.3 is 5.97 Å². The topological polar surface area (TPSA) is 81.4 Å². The Morgan fingerprint density at radius 3 is 2.39 bits per heavy atom. The number of rotatable bonds is 4. The fourth-order valence-electron chi connectivity index (χ4n) is 1.92. The minimum Gasteiger partial charge on any atom is -0.452 e. The molecule has 0 aliphatic carbocycles. The molecular formula is C17H20N2O4. The van der Waals surface area contributed by atoms with Crippen LogP contribution in [0.3, 0.4) is 0 Å². The van der Waals surface area contributed by atoms with Crippen molar-refractivity contribution in [1.29, 1.82) is 0 Å². The lowest BCUT2D eigenvalue weighted by Gasteiger charge is -2.18. The van der Waals surface area contributed by atoms with Crippen LogP contribution < -0.4 is 5.32 Å². The Morgan fingerprint density at radius 2 is 1.87 bits per heavy atom. The molecule has 0 radical (unpaired) electrons. The minimum absolute atomic E-state index is 0.0114. The monoisotopic (exact) mass is 316 g/mol. The summed E-state index contributed by atoms with van der Waals surface area (Å²) in [5, 5.41) is 6.10. The summed E-state index contributed by atoms with van der Waals surface area (Å²) in [4.78, 5) is 23.6. The van der Waals surface area contributed by atoms with Crippen molar-refractivity contribution in [1.82, 2.24) is 5.16 Å². The molecule has 2 aromatic rings. The molecule has 0 unspecified atom stereocenters. The van der Waals surface area contributed by atoms with Gasteiger partial charge in [0.2, 0.25) is 5.88 Å². The zero-order chi connectivity index (χ0) is 17.0. The number of nitrogens with zero attached hydrogens (tertiary/aromatic N) is 1. The molecule has 0 saturated carbocycles. The van der Waals surface area contributed by atoms with Gasteiger partial charge in [-0.05, 0) is 30.0 Å². The van der Waals surface area contributed by atoms with Crippen molar-refractivity contribution in [3.05, 3.63) is 47.2 Å². The van der Waals surface area contributed by atoms with Gasteiger partial charge in [0.25, 0.3) is 5.91 Å². The molecule has 1 aromatic heterocycles. The number of carbonyl (C=O) groups is 2. The van der Waals surface area contributed by atoms with Crippen molar-refractivity contribution in [3.8, 4) is 0 Å². The molecule has 0 fully saturated rings. The first-order valence-corrected chi connectivity index (χ1v) is 7.26. The average Bonchev–Trinajstić information content (AvgIpc) is 2.89. The summed E-state index contributed by atoms with van der Waals surface area (Å²) in [7, 11) is 0. The molecule has 0 saturated heterocycles. The molecule has 0 bridgehead atoms. The molecule has 0 aliphatic heterocycles. The number of esters is 1. The van der Waals surface area contributed by atoms with Crippen molar-refractivity contribution in [2.24, 2.45) is 0 Å². The second-order valence-electron chi connectivity index (χ2n) is 6.28. The van der Waals surface area contributed by atoms with Crippen LogP contribution in [0.1, 0.15) is 42.4 Å². The maximum atomic E-state index is 11.9. The van der Waals surface area contributed by atoms with Crippen LogP contribution in [0.25, 0.3) is 0 Å². The van der Waals surface area contributed by atoms with E-state index in [0.29, 0.717) is 11.3 Å². The maximum absolute atomic E-state index is 11.9. The van der Waals surface area contributed by atoms with Gasteiger partial charge in [-0.15, -0.1) is 0 Å². The third-order valence-electron chi connectivity index (χ3n) is 3.21. The number of benzene rings is 1. The summed E-state index contributed by atoms with van der Waals surface area (Å²) in [6, 6.07) is 8.73. The third kappa shape index (κ3) is 4.67. The van der Waals surface area contributed by atoms with E-state index in [9.17, 15) is 9.59 Å². The number of amides is 1. The summed E-state index contributed by atoms with van der Waals surface area (Å²) < 4.78 is 9.83. The van der Waals surface area contributed by atoms with Crippen LogP contribution in [0.15, 0.2) is 34.9 Å². The van der Waals surface area contributed by atoms with E-state index in [2.05, 4.69) is 31.2 Å². The maximum Gasteiger partial charge on any atom is 0.338 e. The van der Waals surface area contributed by atoms with Crippen molar-refractivity contribution in [2.45, 2.75) is 33.1 Å². The van der Waals surface area contributed by atoms with Gasteiger partial charge < -0.3 is 9.26 Å². The second-order valence-corrected chi connectivity index (χ2v) is 6.28. The first-order chi connectivity index (χ1) is 10.8. The molecule has 122 valence electrons. The van der Waals surface area contributed by atoms with Crippen molar-refractivity contribution < 1.29 is 18.8 Å². The van der Waals surface area contributed by atoms with Crippen LogP contribution in [0.5, 0.6) is 0 Å². The fraction of sp³-hybridized carbons (Fsp3) is 0.353. The molecule has 1 aromatic carbocycles. The van der Waals surface area contributed by atoms with Crippen LogP contribution >= 0.6 is 0 Å². The number of aryl methyl sites for hydroxylation is 1. The highest BCUT2D eigenvalue weighted by Crippen LogP contribution is 2.22. The summed E-state index contributed by atoms with van der Waals surface area (Å²) in [5.41, 5.74) is 2.18. The Hall–Kier alpha value is -2.63. The lowest BCUT2D eigenvalue weighted by molar-refractivity contribution is -0.119. The zero-order valence-electron chi connectivity index (χ0n) is 13.7. The van der Waals surface area contributed by atoms with Crippen LogP contribution in [0.4, 0.5) is 5.88 Å².